The highest BCUT2D eigenvalue weighted by atomic mass is 32.2. The largest absolute Gasteiger partial charge is 0.314 e. The minimum Gasteiger partial charge on any atom is -0.314 e. The molecule has 0 amide bonds. The lowest BCUT2D eigenvalue weighted by atomic mass is 10.3. The van der Waals surface area contributed by atoms with Crippen molar-refractivity contribution in [1.29, 1.82) is 0 Å². The van der Waals surface area contributed by atoms with E-state index in [9.17, 15) is 8.42 Å². The Hall–Kier alpha value is 0.180. The van der Waals surface area contributed by atoms with Crippen molar-refractivity contribution in [2.24, 2.45) is 0 Å². The monoisotopic (exact) mass is 321 g/mol. The van der Waals surface area contributed by atoms with Crippen LogP contribution in [-0.4, -0.2) is 56.4 Å². The Morgan fingerprint density at radius 2 is 1.90 bits per heavy atom. The number of thioether (sulfide) groups is 1. The summed E-state index contributed by atoms with van der Waals surface area (Å²) in [5, 5.41) is 4.01. The van der Waals surface area contributed by atoms with E-state index in [-0.39, 0.29) is 6.04 Å². The van der Waals surface area contributed by atoms with Crippen molar-refractivity contribution in [3.63, 3.8) is 0 Å². The molecule has 2 saturated carbocycles. The average molecular weight is 322 g/mol. The Morgan fingerprint density at radius 1 is 1.20 bits per heavy atom. The lowest BCUT2D eigenvalue weighted by Crippen LogP contribution is -2.43. The summed E-state index contributed by atoms with van der Waals surface area (Å²) in [6, 6.07) is 0.807. The molecule has 0 radical (unpaired) electrons. The molecule has 2 unspecified atom stereocenters. The highest BCUT2D eigenvalue weighted by Gasteiger charge is 2.29. The molecule has 2 atom stereocenters. The molecule has 0 aromatic rings. The summed E-state index contributed by atoms with van der Waals surface area (Å²) in [7, 11) is -1.65. The van der Waals surface area contributed by atoms with E-state index in [1.807, 2.05) is 11.8 Å². The van der Waals surface area contributed by atoms with Crippen LogP contribution in [0.4, 0.5) is 0 Å². The molecule has 5 nitrogen and oxygen atoms in total. The van der Waals surface area contributed by atoms with Crippen LogP contribution in [-0.2, 0) is 10.2 Å². The molecule has 2 aliphatic carbocycles. The standard InChI is InChI=1S/C13H27N3O2S2/c1-16(9-3-8-14-11-4-5-11)20(17,18)15-12-6-7-13(10-12)19-2/h11-15H,3-10H2,1-2H3. The predicted octanol–water partition coefficient (Wildman–Crippen LogP) is 1.18. The number of hydrogen-bond acceptors (Lipinski definition) is 4. The maximum atomic E-state index is 12.2. The van der Waals surface area contributed by atoms with Gasteiger partial charge < -0.3 is 5.32 Å². The summed E-state index contributed by atoms with van der Waals surface area (Å²) in [5.74, 6) is 0. The zero-order valence-corrected chi connectivity index (χ0v) is 14.1. The van der Waals surface area contributed by atoms with Crippen LogP contribution in [0.25, 0.3) is 0 Å². The van der Waals surface area contributed by atoms with Gasteiger partial charge in [-0.2, -0.15) is 29.2 Å². The molecule has 20 heavy (non-hydrogen) atoms. The van der Waals surface area contributed by atoms with Crippen molar-refractivity contribution in [3.8, 4) is 0 Å². The smallest absolute Gasteiger partial charge is 0.279 e. The molecule has 7 heteroatoms. The first kappa shape index (κ1) is 16.5. The summed E-state index contributed by atoms with van der Waals surface area (Å²) in [6.07, 6.45) is 8.54. The van der Waals surface area contributed by atoms with Crippen molar-refractivity contribution in [2.75, 3.05) is 26.4 Å². The van der Waals surface area contributed by atoms with Gasteiger partial charge in [-0.15, -0.1) is 0 Å². The van der Waals surface area contributed by atoms with Crippen molar-refractivity contribution in [3.05, 3.63) is 0 Å². The summed E-state index contributed by atoms with van der Waals surface area (Å²) in [5.41, 5.74) is 0. The van der Waals surface area contributed by atoms with Gasteiger partial charge in [0.1, 0.15) is 0 Å². The average Bonchev–Trinajstić information content (AvgIpc) is 3.13. The molecule has 0 aromatic carbocycles. The SMILES string of the molecule is CSC1CCC(NS(=O)(=O)N(C)CCCNC2CC2)C1. The fraction of sp³-hybridized carbons (Fsp3) is 1.00. The van der Waals surface area contributed by atoms with Gasteiger partial charge in [-0.3, -0.25) is 0 Å². The van der Waals surface area contributed by atoms with Crippen LogP contribution >= 0.6 is 11.8 Å². The summed E-state index contributed by atoms with van der Waals surface area (Å²) >= 11 is 1.84. The van der Waals surface area contributed by atoms with Gasteiger partial charge in [-0.05, 0) is 51.3 Å². The molecule has 0 bridgehead atoms. The van der Waals surface area contributed by atoms with Gasteiger partial charge in [-0.1, -0.05) is 0 Å². The first-order valence-electron chi connectivity index (χ1n) is 7.51. The Morgan fingerprint density at radius 3 is 2.50 bits per heavy atom. The molecule has 0 aromatic heterocycles. The van der Waals surface area contributed by atoms with Crippen LogP contribution in [0.2, 0.25) is 0 Å². The zero-order chi connectivity index (χ0) is 14.6. The number of rotatable bonds is 9. The third kappa shape index (κ3) is 5.18. The molecular weight excluding hydrogens is 294 g/mol. The lowest BCUT2D eigenvalue weighted by Gasteiger charge is -2.21. The van der Waals surface area contributed by atoms with Crippen LogP contribution in [0.15, 0.2) is 0 Å². The number of nitrogens with zero attached hydrogens (tertiary/aromatic N) is 1. The summed E-state index contributed by atoms with van der Waals surface area (Å²) in [6.45, 7) is 1.48. The maximum absolute atomic E-state index is 12.2. The lowest BCUT2D eigenvalue weighted by molar-refractivity contribution is 0.435. The fourth-order valence-electron chi connectivity index (χ4n) is 2.58. The Kier molecular flexibility index (Phi) is 6.16. The first-order valence-corrected chi connectivity index (χ1v) is 10.2. The summed E-state index contributed by atoms with van der Waals surface area (Å²) < 4.78 is 28.7. The topological polar surface area (TPSA) is 61.4 Å². The predicted molar refractivity (Wildman–Crippen MR) is 85.3 cm³/mol. The van der Waals surface area contributed by atoms with E-state index in [1.165, 1.54) is 17.1 Å². The Bertz CT molecular complexity index is 398. The second-order valence-electron chi connectivity index (χ2n) is 5.89. The van der Waals surface area contributed by atoms with E-state index in [1.54, 1.807) is 7.05 Å². The molecule has 2 aliphatic rings. The van der Waals surface area contributed by atoms with Gasteiger partial charge >= 0.3 is 0 Å². The van der Waals surface area contributed by atoms with Gasteiger partial charge in [0.2, 0.25) is 0 Å². The molecule has 2 rings (SSSR count). The quantitative estimate of drug-likeness (QED) is 0.626. The fourth-order valence-corrected chi connectivity index (χ4v) is 4.56. The third-order valence-corrected chi connectivity index (χ3v) is 6.83. The molecular formula is C13H27N3O2S2. The van der Waals surface area contributed by atoms with Crippen LogP contribution in [0.1, 0.15) is 38.5 Å². The van der Waals surface area contributed by atoms with Crippen LogP contribution in [0.3, 0.4) is 0 Å². The van der Waals surface area contributed by atoms with E-state index in [4.69, 9.17) is 0 Å². The van der Waals surface area contributed by atoms with E-state index >= 15 is 0 Å². The first-order chi connectivity index (χ1) is 9.51. The zero-order valence-electron chi connectivity index (χ0n) is 12.5. The van der Waals surface area contributed by atoms with Gasteiger partial charge in [0.25, 0.3) is 10.2 Å². The van der Waals surface area contributed by atoms with Crippen molar-refractivity contribution in [1.82, 2.24) is 14.3 Å². The summed E-state index contributed by atoms with van der Waals surface area (Å²) in [4.78, 5) is 0. The molecule has 118 valence electrons. The molecule has 0 aliphatic heterocycles. The van der Waals surface area contributed by atoms with Crippen molar-refractivity contribution < 1.29 is 8.42 Å². The minimum atomic E-state index is -3.31. The van der Waals surface area contributed by atoms with Gasteiger partial charge in [0, 0.05) is 30.9 Å². The second kappa shape index (κ2) is 7.45. The number of nitrogens with one attached hydrogen (secondary N) is 2. The Labute approximate surface area is 127 Å². The molecule has 2 fully saturated rings. The van der Waals surface area contributed by atoms with E-state index in [2.05, 4.69) is 16.3 Å². The third-order valence-electron chi connectivity index (χ3n) is 4.10. The van der Waals surface area contributed by atoms with Crippen LogP contribution in [0, 0.1) is 0 Å². The maximum Gasteiger partial charge on any atom is 0.279 e. The second-order valence-corrected chi connectivity index (χ2v) is 8.84. The van der Waals surface area contributed by atoms with Crippen LogP contribution < -0.4 is 10.0 Å². The molecule has 2 N–H and O–H groups in total. The van der Waals surface area contributed by atoms with Crippen molar-refractivity contribution >= 4 is 22.0 Å². The molecule has 0 spiro atoms. The van der Waals surface area contributed by atoms with Crippen molar-refractivity contribution in [2.45, 2.75) is 55.9 Å². The molecule has 0 heterocycles. The molecule has 0 saturated heterocycles. The van der Waals surface area contributed by atoms with Gasteiger partial charge in [0.05, 0.1) is 0 Å². The minimum absolute atomic E-state index is 0.115. The van der Waals surface area contributed by atoms with E-state index < -0.39 is 10.2 Å². The highest BCUT2D eigenvalue weighted by molar-refractivity contribution is 7.99. The number of hydrogen-bond donors (Lipinski definition) is 2. The van der Waals surface area contributed by atoms with E-state index in [0.717, 1.165) is 32.2 Å². The highest BCUT2D eigenvalue weighted by Crippen LogP contribution is 2.28. The normalized spacial score (nSPS) is 27.4. The van der Waals surface area contributed by atoms with Gasteiger partial charge in [-0.25, -0.2) is 0 Å². The van der Waals surface area contributed by atoms with Crippen LogP contribution in [0.5, 0.6) is 0 Å². The Balaban J connectivity index is 1.68. The van der Waals surface area contributed by atoms with E-state index in [0.29, 0.717) is 17.8 Å². The van der Waals surface area contributed by atoms with Gasteiger partial charge in [0.15, 0.2) is 0 Å².